The summed E-state index contributed by atoms with van der Waals surface area (Å²) in [6.07, 6.45) is -0.178. The number of nitrogens with one attached hydrogen (secondary N) is 1. The van der Waals surface area contributed by atoms with E-state index in [0.29, 0.717) is 44.2 Å². The first-order chi connectivity index (χ1) is 8.69. The van der Waals surface area contributed by atoms with Gasteiger partial charge in [0.05, 0.1) is 32.4 Å². The van der Waals surface area contributed by atoms with E-state index in [9.17, 15) is 0 Å². The van der Waals surface area contributed by atoms with Crippen LogP contribution in [0.15, 0.2) is 4.42 Å². The molecule has 1 aromatic rings. The van der Waals surface area contributed by atoms with E-state index < -0.39 is 0 Å². The Morgan fingerprint density at radius 2 is 2.33 bits per heavy atom. The summed E-state index contributed by atoms with van der Waals surface area (Å²) < 4.78 is 10.9. The Bertz CT molecular complexity index is 369. The van der Waals surface area contributed by atoms with Gasteiger partial charge in [0.15, 0.2) is 0 Å². The number of anilines is 1. The molecule has 2 heterocycles. The molecule has 2 rings (SSSR count). The van der Waals surface area contributed by atoms with E-state index in [1.54, 1.807) is 0 Å². The number of ether oxygens (including phenoxy) is 1. The van der Waals surface area contributed by atoms with E-state index in [4.69, 9.17) is 14.3 Å². The largest absolute Gasteiger partial charge is 0.407 e. The van der Waals surface area contributed by atoms with Crippen LogP contribution in [0.1, 0.15) is 19.7 Å². The van der Waals surface area contributed by atoms with Crippen LogP contribution in [0.3, 0.4) is 0 Å². The van der Waals surface area contributed by atoms with Crippen molar-refractivity contribution in [1.29, 1.82) is 0 Å². The SMILES string of the molecule is CC(C)NCc1nnc(N2CCOC(CO)C2)o1. The van der Waals surface area contributed by atoms with Crippen LogP contribution >= 0.6 is 0 Å². The summed E-state index contributed by atoms with van der Waals surface area (Å²) in [6, 6.07) is 0.875. The molecular weight excluding hydrogens is 236 g/mol. The molecule has 2 N–H and O–H groups in total. The maximum absolute atomic E-state index is 9.08. The Morgan fingerprint density at radius 3 is 3.06 bits per heavy atom. The number of rotatable bonds is 5. The number of hydrogen-bond donors (Lipinski definition) is 2. The quantitative estimate of drug-likeness (QED) is 0.752. The third-order valence-corrected chi connectivity index (χ3v) is 2.73. The average Bonchev–Trinajstić information content (AvgIpc) is 2.85. The van der Waals surface area contributed by atoms with Gasteiger partial charge in [0.2, 0.25) is 5.89 Å². The van der Waals surface area contributed by atoms with E-state index in [2.05, 4.69) is 29.4 Å². The smallest absolute Gasteiger partial charge is 0.318 e. The minimum Gasteiger partial charge on any atom is -0.407 e. The van der Waals surface area contributed by atoms with Gasteiger partial charge in [-0.15, -0.1) is 5.10 Å². The normalized spacial score (nSPS) is 20.7. The van der Waals surface area contributed by atoms with Crippen LogP contribution in [0, 0.1) is 0 Å². The Kier molecular flexibility index (Phi) is 4.51. The van der Waals surface area contributed by atoms with E-state index in [1.165, 1.54) is 0 Å². The van der Waals surface area contributed by atoms with Crippen LogP contribution in [0.5, 0.6) is 0 Å². The van der Waals surface area contributed by atoms with Gasteiger partial charge in [-0.1, -0.05) is 18.9 Å². The second-order valence-corrected chi connectivity index (χ2v) is 4.64. The molecule has 0 amide bonds. The first-order valence-electron chi connectivity index (χ1n) is 6.22. The van der Waals surface area contributed by atoms with Crippen LogP contribution in [0.4, 0.5) is 6.01 Å². The van der Waals surface area contributed by atoms with Crippen LogP contribution < -0.4 is 10.2 Å². The second kappa shape index (κ2) is 6.12. The molecule has 18 heavy (non-hydrogen) atoms. The lowest BCUT2D eigenvalue weighted by Gasteiger charge is -2.30. The Balaban J connectivity index is 1.92. The Labute approximate surface area is 106 Å². The van der Waals surface area contributed by atoms with Crippen molar-refractivity contribution in [2.24, 2.45) is 0 Å². The maximum atomic E-state index is 9.08. The topological polar surface area (TPSA) is 83.7 Å². The van der Waals surface area contributed by atoms with Gasteiger partial charge < -0.3 is 24.5 Å². The zero-order valence-corrected chi connectivity index (χ0v) is 10.8. The number of nitrogens with zero attached hydrogens (tertiary/aromatic N) is 3. The van der Waals surface area contributed by atoms with Crippen molar-refractivity contribution >= 4 is 6.01 Å². The lowest BCUT2D eigenvalue weighted by molar-refractivity contribution is 0.00224. The molecule has 1 aliphatic rings. The Hall–Kier alpha value is -1.18. The zero-order valence-electron chi connectivity index (χ0n) is 10.8. The summed E-state index contributed by atoms with van der Waals surface area (Å²) in [5, 5.41) is 20.3. The van der Waals surface area contributed by atoms with Crippen LogP contribution in [-0.2, 0) is 11.3 Å². The van der Waals surface area contributed by atoms with Crippen LogP contribution in [0.2, 0.25) is 0 Å². The zero-order chi connectivity index (χ0) is 13.0. The minimum atomic E-state index is -0.178. The molecule has 1 saturated heterocycles. The van der Waals surface area contributed by atoms with E-state index >= 15 is 0 Å². The molecular formula is C11H20N4O3. The first-order valence-corrected chi connectivity index (χ1v) is 6.22. The molecule has 1 unspecified atom stereocenters. The monoisotopic (exact) mass is 256 g/mol. The lowest BCUT2D eigenvalue weighted by atomic mass is 10.3. The first kappa shape index (κ1) is 13.3. The van der Waals surface area contributed by atoms with Crippen molar-refractivity contribution in [1.82, 2.24) is 15.5 Å². The van der Waals surface area contributed by atoms with Gasteiger partial charge in [-0.2, -0.15) is 0 Å². The molecule has 7 heteroatoms. The minimum absolute atomic E-state index is 0.00635. The number of aromatic nitrogens is 2. The van der Waals surface area contributed by atoms with E-state index in [-0.39, 0.29) is 12.7 Å². The van der Waals surface area contributed by atoms with Crippen LogP contribution in [0.25, 0.3) is 0 Å². The standard InChI is InChI=1S/C11H20N4O3/c1-8(2)12-5-10-13-14-11(18-10)15-3-4-17-9(6-15)7-16/h8-9,12,16H,3-7H2,1-2H3. The van der Waals surface area contributed by atoms with Crippen molar-refractivity contribution in [3.05, 3.63) is 5.89 Å². The number of morpholine rings is 1. The van der Waals surface area contributed by atoms with Crippen molar-refractivity contribution < 1.29 is 14.3 Å². The fraction of sp³-hybridized carbons (Fsp3) is 0.818. The van der Waals surface area contributed by atoms with Crippen LogP contribution in [-0.4, -0.2) is 53.8 Å². The molecule has 102 valence electrons. The van der Waals surface area contributed by atoms with Crippen molar-refractivity contribution in [2.45, 2.75) is 32.5 Å². The summed E-state index contributed by atoms with van der Waals surface area (Å²) in [7, 11) is 0. The highest BCUT2D eigenvalue weighted by molar-refractivity contribution is 5.25. The molecule has 0 spiro atoms. The fourth-order valence-electron chi connectivity index (χ4n) is 1.74. The maximum Gasteiger partial charge on any atom is 0.318 e. The predicted octanol–water partition coefficient (Wildman–Crippen LogP) is -0.235. The fourth-order valence-corrected chi connectivity index (χ4v) is 1.74. The van der Waals surface area contributed by atoms with Gasteiger partial charge in [-0.25, -0.2) is 0 Å². The molecule has 0 radical (unpaired) electrons. The predicted molar refractivity (Wildman–Crippen MR) is 65.3 cm³/mol. The molecule has 7 nitrogen and oxygen atoms in total. The molecule has 0 aliphatic carbocycles. The lowest BCUT2D eigenvalue weighted by Crippen LogP contribution is -2.44. The third kappa shape index (κ3) is 3.41. The molecule has 1 atom stereocenters. The van der Waals surface area contributed by atoms with Crippen molar-refractivity contribution in [2.75, 3.05) is 31.2 Å². The molecule has 0 bridgehead atoms. The molecule has 1 aromatic heterocycles. The van der Waals surface area contributed by atoms with E-state index in [0.717, 1.165) is 0 Å². The molecule has 0 aromatic carbocycles. The van der Waals surface area contributed by atoms with Gasteiger partial charge in [-0.05, 0) is 0 Å². The number of aliphatic hydroxyl groups excluding tert-OH is 1. The summed E-state index contributed by atoms with van der Waals surface area (Å²) in [5.41, 5.74) is 0. The van der Waals surface area contributed by atoms with Crippen molar-refractivity contribution in [3.8, 4) is 0 Å². The van der Waals surface area contributed by atoms with E-state index in [1.807, 2.05) is 4.90 Å². The molecule has 1 fully saturated rings. The highest BCUT2D eigenvalue weighted by atomic mass is 16.5. The second-order valence-electron chi connectivity index (χ2n) is 4.64. The summed E-state index contributed by atoms with van der Waals surface area (Å²) in [4.78, 5) is 1.94. The summed E-state index contributed by atoms with van der Waals surface area (Å²) in [5.74, 6) is 0.575. The van der Waals surface area contributed by atoms with Gasteiger partial charge in [-0.3, -0.25) is 0 Å². The average molecular weight is 256 g/mol. The number of hydrogen-bond acceptors (Lipinski definition) is 7. The number of aliphatic hydroxyl groups is 1. The van der Waals surface area contributed by atoms with Gasteiger partial charge in [0.1, 0.15) is 0 Å². The van der Waals surface area contributed by atoms with Gasteiger partial charge in [0.25, 0.3) is 0 Å². The molecule has 1 aliphatic heterocycles. The Morgan fingerprint density at radius 1 is 1.50 bits per heavy atom. The highest BCUT2D eigenvalue weighted by Gasteiger charge is 2.23. The highest BCUT2D eigenvalue weighted by Crippen LogP contribution is 2.16. The molecule has 0 saturated carbocycles. The van der Waals surface area contributed by atoms with Crippen molar-refractivity contribution in [3.63, 3.8) is 0 Å². The third-order valence-electron chi connectivity index (χ3n) is 2.73. The summed E-state index contributed by atoms with van der Waals surface area (Å²) >= 11 is 0. The van der Waals surface area contributed by atoms with Gasteiger partial charge >= 0.3 is 6.01 Å². The summed E-state index contributed by atoms with van der Waals surface area (Å²) in [6.45, 7) is 6.54. The van der Waals surface area contributed by atoms with Gasteiger partial charge in [0, 0.05) is 12.6 Å².